The van der Waals surface area contributed by atoms with Gasteiger partial charge in [-0.25, -0.2) is 4.39 Å². The quantitative estimate of drug-likeness (QED) is 0.922. The highest BCUT2D eigenvalue weighted by Crippen LogP contribution is 2.25. The molecule has 0 aromatic heterocycles. The Morgan fingerprint density at radius 3 is 2.48 bits per heavy atom. The number of nitrogens with two attached hydrogens (primary N) is 1. The number of likely N-dealkylation sites (N-methyl/N-ethyl adjacent to an activating group) is 1. The Kier molecular flexibility index (Phi) is 4.94. The summed E-state index contributed by atoms with van der Waals surface area (Å²) in [6, 6.07) is 13.0. The number of benzene rings is 2. The van der Waals surface area contributed by atoms with E-state index in [-0.39, 0.29) is 6.54 Å². The Bertz CT molecular complexity index is 613. The largest absolute Gasteiger partial charge is 0.368 e. The summed E-state index contributed by atoms with van der Waals surface area (Å²) >= 11 is 6.02. The standard InChI is InChI=1S/C16H16ClFN2O/c1-20(10-12-13(17)8-5-9-14(12)18)15(16(19)21)11-6-3-2-4-7-11/h2-9,15H,10H2,1H3,(H2,19,21). The molecule has 0 radical (unpaired) electrons. The molecule has 1 amide bonds. The summed E-state index contributed by atoms with van der Waals surface area (Å²) in [5.41, 5.74) is 6.61. The fourth-order valence-electron chi connectivity index (χ4n) is 2.30. The van der Waals surface area contributed by atoms with E-state index in [4.69, 9.17) is 17.3 Å². The maximum Gasteiger partial charge on any atom is 0.239 e. The summed E-state index contributed by atoms with van der Waals surface area (Å²) in [5.74, 6) is -0.887. The van der Waals surface area contributed by atoms with Crippen molar-refractivity contribution in [2.45, 2.75) is 12.6 Å². The third-order valence-electron chi connectivity index (χ3n) is 3.29. The molecular weight excluding hydrogens is 291 g/mol. The molecule has 0 heterocycles. The van der Waals surface area contributed by atoms with E-state index < -0.39 is 17.8 Å². The number of amides is 1. The van der Waals surface area contributed by atoms with Crippen LogP contribution >= 0.6 is 11.6 Å². The smallest absolute Gasteiger partial charge is 0.239 e. The van der Waals surface area contributed by atoms with E-state index >= 15 is 0 Å². The average Bonchev–Trinajstić information content (AvgIpc) is 2.44. The molecule has 2 aromatic carbocycles. The topological polar surface area (TPSA) is 46.3 Å². The molecule has 2 N–H and O–H groups in total. The van der Waals surface area contributed by atoms with Gasteiger partial charge in [-0.05, 0) is 24.7 Å². The molecule has 0 saturated carbocycles. The Balaban J connectivity index is 2.28. The zero-order valence-electron chi connectivity index (χ0n) is 11.6. The van der Waals surface area contributed by atoms with Gasteiger partial charge in [0.25, 0.3) is 0 Å². The van der Waals surface area contributed by atoms with Crippen LogP contribution in [-0.4, -0.2) is 17.9 Å². The van der Waals surface area contributed by atoms with Crippen LogP contribution in [0.3, 0.4) is 0 Å². The van der Waals surface area contributed by atoms with E-state index in [2.05, 4.69) is 0 Å². The van der Waals surface area contributed by atoms with Gasteiger partial charge in [0.2, 0.25) is 5.91 Å². The van der Waals surface area contributed by atoms with Crippen molar-refractivity contribution >= 4 is 17.5 Å². The van der Waals surface area contributed by atoms with Gasteiger partial charge in [0, 0.05) is 17.1 Å². The molecule has 1 atom stereocenters. The summed E-state index contributed by atoms with van der Waals surface area (Å²) in [4.78, 5) is 13.4. The fraction of sp³-hybridized carbons (Fsp3) is 0.188. The maximum atomic E-state index is 13.9. The van der Waals surface area contributed by atoms with Crippen molar-refractivity contribution in [3.8, 4) is 0 Å². The van der Waals surface area contributed by atoms with Gasteiger partial charge in [-0.3, -0.25) is 9.69 Å². The molecular formula is C16H16ClFN2O. The van der Waals surface area contributed by atoms with Crippen LogP contribution < -0.4 is 5.73 Å². The SMILES string of the molecule is CN(Cc1c(F)cccc1Cl)C(C(N)=O)c1ccccc1. The fourth-order valence-corrected chi connectivity index (χ4v) is 2.52. The number of carbonyl (C=O) groups excluding carboxylic acids is 1. The van der Waals surface area contributed by atoms with Gasteiger partial charge in [-0.1, -0.05) is 48.0 Å². The van der Waals surface area contributed by atoms with Crippen molar-refractivity contribution in [1.29, 1.82) is 0 Å². The third-order valence-corrected chi connectivity index (χ3v) is 3.65. The molecule has 0 bridgehead atoms. The highest BCUT2D eigenvalue weighted by Gasteiger charge is 2.24. The molecule has 0 fully saturated rings. The lowest BCUT2D eigenvalue weighted by Crippen LogP contribution is -2.35. The molecule has 2 rings (SSSR count). The lowest BCUT2D eigenvalue weighted by atomic mass is 10.0. The first-order valence-electron chi connectivity index (χ1n) is 6.48. The monoisotopic (exact) mass is 306 g/mol. The van der Waals surface area contributed by atoms with Crippen LogP contribution in [0, 0.1) is 5.82 Å². The van der Waals surface area contributed by atoms with E-state index in [1.165, 1.54) is 6.07 Å². The van der Waals surface area contributed by atoms with Gasteiger partial charge in [-0.2, -0.15) is 0 Å². The minimum Gasteiger partial charge on any atom is -0.368 e. The minimum absolute atomic E-state index is 0.188. The molecule has 21 heavy (non-hydrogen) atoms. The summed E-state index contributed by atoms with van der Waals surface area (Å²) < 4.78 is 13.9. The summed E-state index contributed by atoms with van der Waals surface area (Å²) in [5, 5.41) is 0.332. The van der Waals surface area contributed by atoms with Crippen LogP contribution in [0.2, 0.25) is 5.02 Å². The van der Waals surface area contributed by atoms with E-state index in [1.807, 2.05) is 30.3 Å². The van der Waals surface area contributed by atoms with Crippen molar-refractivity contribution in [2.75, 3.05) is 7.05 Å². The van der Waals surface area contributed by atoms with Crippen molar-refractivity contribution in [1.82, 2.24) is 4.90 Å². The van der Waals surface area contributed by atoms with Crippen molar-refractivity contribution < 1.29 is 9.18 Å². The third kappa shape index (κ3) is 3.60. The van der Waals surface area contributed by atoms with Gasteiger partial charge < -0.3 is 5.73 Å². The Hall–Kier alpha value is -1.91. The Morgan fingerprint density at radius 1 is 1.24 bits per heavy atom. The zero-order valence-corrected chi connectivity index (χ0v) is 12.3. The van der Waals surface area contributed by atoms with Crippen LogP contribution in [0.1, 0.15) is 17.2 Å². The second-order valence-corrected chi connectivity index (χ2v) is 5.24. The van der Waals surface area contributed by atoms with Crippen LogP contribution in [-0.2, 0) is 11.3 Å². The Morgan fingerprint density at radius 2 is 1.90 bits per heavy atom. The number of primary amides is 1. The summed E-state index contributed by atoms with van der Waals surface area (Å²) in [7, 11) is 1.71. The predicted octanol–water partition coefficient (Wildman–Crippen LogP) is 3.14. The predicted molar refractivity (Wildman–Crippen MR) is 81.3 cm³/mol. The van der Waals surface area contributed by atoms with E-state index in [0.717, 1.165) is 5.56 Å². The van der Waals surface area contributed by atoms with Gasteiger partial charge >= 0.3 is 0 Å². The highest BCUT2D eigenvalue weighted by atomic mass is 35.5. The molecule has 2 aromatic rings. The van der Waals surface area contributed by atoms with Crippen molar-refractivity contribution in [3.63, 3.8) is 0 Å². The number of hydrogen-bond acceptors (Lipinski definition) is 2. The minimum atomic E-state index is -0.637. The van der Waals surface area contributed by atoms with E-state index in [9.17, 15) is 9.18 Å². The molecule has 5 heteroatoms. The molecule has 0 spiro atoms. The second-order valence-electron chi connectivity index (χ2n) is 4.83. The zero-order chi connectivity index (χ0) is 15.4. The average molecular weight is 307 g/mol. The first kappa shape index (κ1) is 15.5. The molecule has 3 nitrogen and oxygen atoms in total. The number of hydrogen-bond donors (Lipinski definition) is 1. The normalized spacial score (nSPS) is 12.4. The molecule has 1 unspecified atom stereocenters. The molecule has 110 valence electrons. The van der Waals surface area contributed by atoms with Crippen LogP contribution in [0.15, 0.2) is 48.5 Å². The van der Waals surface area contributed by atoms with Gasteiger partial charge in [0.05, 0.1) is 0 Å². The second kappa shape index (κ2) is 6.70. The lowest BCUT2D eigenvalue weighted by Gasteiger charge is -2.26. The Labute approximate surface area is 128 Å². The van der Waals surface area contributed by atoms with Gasteiger partial charge in [0.1, 0.15) is 11.9 Å². The maximum absolute atomic E-state index is 13.9. The number of nitrogens with zero attached hydrogens (tertiary/aromatic N) is 1. The molecule has 0 aliphatic carbocycles. The van der Waals surface area contributed by atoms with Gasteiger partial charge in [0.15, 0.2) is 0 Å². The number of halogens is 2. The van der Waals surface area contributed by atoms with Crippen LogP contribution in [0.5, 0.6) is 0 Å². The van der Waals surface area contributed by atoms with E-state index in [0.29, 0.717) is 10.6 Å². The number of rotatable bonds is 5. The number of carbonyl (C=O) groups is 1. The molecule has 0 aliphatic heterocycles. The van der Waals surface area contributed by atoms with E-state index in [1.54, 1.807) is 24.1 Å². The first-order chi connectivity index (χ1) is 10.0. The van der Waals surface area contributed by atoms with Crippen LogP contribution in [0.4, 0.5) is 4.39 Å². The van der Waals surface area contributed by atoms with Gasteiger partial charge in [-0.15, -0.1) is 0 Å². The summed E-state index contributed by atoms with van der Waals surface area (Å²) in [6.07, 6.45) is 0. The summed E-state index contributed by atoms with van der Waals surface area (Å²) in [6.45, 7) is 0.188. The van der Waals surface area contributed by atoms with Crippen LogP contribution in [0.25, 0.3) is 0 Å². The van der Waals surface area contributed by atoms with Crippen molar-refractivity contribution in [2.24, 2.45) is 5.73 Å². The lowest BCUT2D eigenvalue weighted by molar-refractivity contribution is -0.123. The van der Waals surface area contributed by atoms with Crippen molar-refractivity contribution in [3.05, 3.63) is 70.5 Å². The molecule has 0 saturated heterocycles. The first-order valence-corrected chi connectivity index (χ1v) is 6.86. The molecule has 0 aliphatic rings. The highest BCUT2D eigenvalue weighted by molar-refractivity contribution is 6.31.